The molecule has 0 bridgehead atoms. The number of hydrogen-bond donors (Lipinski definition) is 1. The molecule has 1 heterocycles. The molecule has 0 saturated heterocycles. The topological polar surface area (TPSA) is 29.1 Å². The van der Waals surface area contributed by atoms with Crippen LogP contribution in [0.25, 0.3) is 0 Å². The minimum absolute atomic E-state index is 0.0475. The fraction of sp³-hybridized carbons (Fsp3) is 0.500. The standard InChI is InChI=1S/C10H12BrNOS/c1-6(7-2-3-7)12-10(13)8-4-9(11)14-5-8/h4-7H,2-3H2,1H3,(H,12,13). The summed E-state index contributed by atoms with van der Waals surface area (Å²) in [7, 11) is 0. The Bertz CT molecular complexity index is 346. The van der Waals surface area contributed by atoms with Crippen molar-refractivity contribution in [2.45, 2.75) is 25.8 Å². The van der Waals surface area contributed by atoms with Crippen LogP contribution in [0, 0.1) is 5.92 Å². The van der Waals surface area contributed by atoms with Gasteiger partial charge in [0.25, 0.3) is 5.91 Å². The molecule has 0 radical (unpaired) electrons. The summed E-state index contributed by atoms with van der Waals surface area (Å²) in [6.45, 7) is 2.08. The van der Waals surface area contributed by atoms with Crippen molar-refractivity contribution in [1.82, 2.24) is 5.32 Å². The van der Waals surface area contributed by atoms with Crippen LogP contribution in [0.2, 0.25) is 0 Å². The van der Waals surface area contributed by atoms with Crippen LogP contribution < -0.4 is 5.32 Å². The third-order valence-corrected chi connectivity index (χ3v) is 4.02. The SMILES string of the molecule is CC(NC(=O)c1csc(Br)c1)C1CC1. The predicted molar refractivity (Wildman–Crippen MR) is 61.7 cm³/mol. The van der Waals surface area contributed by atoms with Gasteiger partial charge in [-0.15, -0.1) is 11.3 Å². The van der Waals surface area contributed by atoms with Crippen LogP contribution in [0.15, 0.2) is 15.2 Å². The molecular formula is C10H12BrNOS. The second-order valence-corrected chi connectivity index (χ2v) is 6.03. The summed E-state index contributed by atoms with van der Waals surface area (Å²) in [6.07, 6.45) is 2.52. The summed E-state index contributed by atoms with van der Waals surface area (Å²) in [4.78, 5) is 11.7. The zero-order valence-electron chi connectivity index (χ0n) is 7.92. The van der Waals surface area contributed by atoms with Crippen molar-refractivity contribution < 1.29 is 4.79 Å². The third-order valence-electron chi connectivity index (χ3n) is 2.52. The number of hydrogen-bond acceptors (Lipinski definition) is 2. The summed E-state index contributed by atoms with van der Waals surface area (Å²) in [5.41, 5.74) is 0.759. The molecule has 2 nitrogen and oxygen atoms in total. The lowest BCUT2D eigenvalue weighted by Crippen LogP contribution is -2.33. The lowest BCUT2D eigenvalue weighted by molar-refractivity contribution is 0.0936. The first-order valence-corrected chi connectivity index (χ1v) is 6.39. The molecule has 4 heteroatoms. The van der Waals surface area contributed by atoms with Gasteiger partial charge in [0.15, 0.2) is 0 Å². The molecule has 2 rings (SSSR count). The molecule has 76 valence electrons. The number of thiophene rings is 1. The van der Waals surface area contributed by atoms with E-state index in [0.717, 1.165) is 9.35 Å². The van der Waals surface area contributed by atoms with E-state index in [2.05, 4.69) is 28.2 Å². The normalized spacial score (nSPS) is 17.9. The maximum absolute atomic E-state index is 11.7. The highest BCUT2D eigenvalue weighted by Gasteiger charge is 2.29. The van der Waals surface area contributed by atoms with Crippen molar-refractivity contribution >= 4 is 33.2 Å². The quantitative estimate of drug-likeness (QED) is 0.901. The Hall–Kier alpha value is -0.350. The van der Waals surface area contributed by atoms with Crippen LogP contribution >= 0.6 is 27.3 Å². The summed E-state index contributed by atoms with van der Waals surface area (Å²) < 4.78 is 1.00. The zero-order chi connectivity index (χ0) is 10.1. The molecular weight excluding hydrogens is 262 g/mol. The molecule has 1 aromatic heterocycles. The maximum Gasteiger partial charge on any atom is 0.252 e. The predicted octanol–water partition coefficient (Wildman–Crippen LogP) is 3.04. The Morgan fingerprint density at radius 2 is 2.43 bits per heavy atom. The van der Waals surface area contributed by atoms with E-state index in [1.807, 2.05) is 11.4 Å². The van der Waals surface area contributed by atoms with Gasteiger partial charge in [-0.25, -0.2) is 0 Å². The van der Waals surface area contributed by atoms with Gasteiger partial charge in [0.1, 0.15) is 0 Å². The van der Waals surface area contributed by atoms with Crippen molar-refractivity contribution in [3.05, 3.63) is 20.8 Å². The highest BCUT2D eigenvalue weighted by molar-refractivity contribution is 9.11. The maximum atomic E-state index is 11.7. The first kappa shape index (κ1) is 10.2. The van der Waals surface area contributed by atoms with Gasteiger partial charge in [-0.05, 0) is 47.7 Å². The Labute approximate surface area is 95.8 Å². The van der Waals surface area contributed by atoms with Gasteiger partial charge >= 0.3 is 0 Å². The van der Waals surface area contributed by atoms with Gasteiger partial charge in [-0.2, -0.15) is 0 Å². The fourth-order valence-electron chi connectivity index (χ4n) is 1.43. The van der Waals surface area contributed by atoms with E-state index in [1.165, 1.54) is 24.2 Å². The highest BCUT2D eigenvalue weighted by atomic mass is 79.9. The summed E-state index contributed by atoms with van der Waals surface area (Å²) in [5.74, 6) is 0.757. The van der Waals surface area contributed by atoms with Crippen molar-refractivity contribution in [1.29, 1.82) is 0 Å². The molecule has 1 saturated carbocycles. The molecule has 1 aliphatic carbocycles. The average molecular weight is 274 g/mol. The largest absolute Gasteiger partial charge is 0.349 e. The number of nitrogens with one attached hydrogen (secondary N) is 1. The van der Waals surface area contributed by atoms with Crippen LogP contribution in [0.5, 0.6) is 0 Å². The monoisotopic (exact) mass is 273 g/mol. The lowest BCUT2D eigenvalue weighted by atomic mass is 10.2. The Kier molecular flexibility index (Phi) is 2.93. The van der Waals surface area contributed by atoms with Crippen LogP contribution in [0.1, 0.15) is 30.1 Å². The number of carbonyl (C=O) groups is 1. The minimum Gasteiger partial charge on any atom is -0.349 e. The highest BCUT2D eigenvalue weighted by Crippen LogP contribution is 2.32. The molecule has 1 amide bonds. The van der Waals surface area contributed by atoms with Crippen molar-refractivity contribution in [3.63, 3.8) is 0 Å². The van der Waals surface area contributed by atoms with Gasteiger partial charge < -0.3 is 5.32 Å². The first-order chi connectivity index (χ1) is 6.66. The molecule has 1 aliphatic rings. The molecule has 1 atom stereocenters. The molecule has 0 aliphatic heterocycles. The first-order valence-electron chi connectivity index (χ1n) is 4.71. The van der Waals surface area contributed by atoms with E-state index in [0.29, 0.717) is 12.0 Å². The van der Waals surface area contributed by atoms with E-state index in [4.69, 9.17) is 0 Å². The van der Waals surface area contributed by atoms with Crippen LogP contribution in [0.3, 0.4) is 0 Å². The summed E-state index contributed by atoms with van der Waals surface area (Å²) >= 11 is 4.89. The second kappa shape index (κ2) is 4.03. The van der Waals surface area contributed by atoms with E-state index in [-0.39, 0.29) is 5.91 Å². The van der Waals surface area contributed by atoms with Crippen LogP contribution in [-0.4, -0.2) is 11.9 Å². The molecule has 1 N–H and O–H groups in total. The van der Waals surface area contributed by atoms with Gasteiger partial charge in [0.2, 0.25) is 0 Å². The zero-order valence-corrected chi connectivity index (χ0v) is 10.3. The Morgan fingerprint density at radius 3 is 2.93 bits per heavy atom. The number of rotatable bonds is 3. The molecule has 1 fully saturated rings. The second-order valence-electron chi connectivity index (χ2n) is 3.74. The molecule has 1 aromatic rings. The molecule has 14 heavy (non-hydrogen) atoms. The van der Waals surface area contributed by atoms with E-state index >= 15 is 0 Å². The van der Waals surface area contributed by atoms with Gasteiger partial charge in [-0.3, -0.25) is 4.79 Å². The minimum atomic E-state index is 0.0475. The van der Waals surface area contributed by atoms with Crippen LogP contribution in [-0.2, 0) is 0 Å². The average Bonchev–Trinajstić information content (AvgIpc) is 2.89. The van der Waals surface area contributed by atoms with Crippen molar-refractivity contribution in [2.24, 2.45) is 5.92 Å². The van der Waals surface area contributed by atoms with Gasteiger partial charge in [0, 0.05) is 11.4 Å². The van der Waals surface area contributed by atoms with E-state index in [9.17, 15) is 4.79 Å². The fourth-order valence-corrected chi connectivity index (χ4v) is 2.57. The number of halogens is 1. The smallest absolute Gasteiger partial charge is 0.252 e. The van der Waals surface area contributed by atoms with E-state index in [1.54, 1.807) is 0 Å². The molecule has 0 spiro atoms. The Balaban J connectivity index is 1.94. The Morgan fingerprint density at radius 1 is 1.71 bits per heavy atom. The summed E-state index contributed by atoms with van der Waals surface area (Å²) in [5, 5.41) is 4.89. The number of carbonyl (C=O) groups excluding carboxylic acids is 1. The summed E-state index contributed by atoms with van der Waals surface area (Å²) in [6, 6.07) is 2.18. The van der Waals surface area contributed by atoms with Gasteiger partial charge in [0.05, 0.1) is 9.35 Å². The van der Waals surface area contributed by atoms with Crippen LogP contribution in [0.4, 0.5) is 0 Å². The van der Waals surface area contributed by atoms with Gasteiger partial charge in [-0.1, -0.05) is 0 Å². The van der Waals surface area contributed by atoms with Crippen molar-refractivity contribution in [3.8, 4) is 0 Å². The van der Waals surface area contributed by atoms with E-state index < -0.39 is 0 Å². The third kappa shape index (κ3) is 2.36. The van der Waals surface area contributed by atoms with Crippen molar-refractivity contribution in [2.75, 3.05) is 0 Å². The lowest BCUT2D eigenvalue weighted by Gasteiger charge is -2.11. The molecule has 0 aromatic carbocycles. The molecule has 1 unspecified atom stereocenters. The number of amides is 1.